The van der Waals surface area contributed by atoms with Gasteiger partial charge in [0.05, 0.1) is 19.3 Å². The summed E-state index contributed by atoms with van der Waals surface area (Å²) in [5, 5.41) is 0. The Labute approximate surface area is 122 Å². The number of halogens is 3. The molecular formula is C15H21F3O3. The van der Waals surface area contributed by atoms with Gasteiger partial charge in [-0.25, -0.2) is 0 Å². The van der Waals surface area contributed by atoms with E-state index in [1.807, 2.05) is 6.08 Å². The summed E-state index contributed by atoms with van der Waals surface area (Å²) in [7, 11) is 0. The summed E-state index contributed by atoms with van der Waals surface area (Å²) in [5.41, 5.74) is 0.858. The van der Waals surface area contributed by atoms with Crippen molar-refractivity contribution < 1.29 is 27.4 Å². The summed E-state index contributed by atoms with van der Waals surface area (Å²) in [5.74, 6) is 0.433. The quantitative estimate of drug-likeness (QED) is 0.776. The molecule has 0 aromatic carbocycles. The van der Waals surface area contributed by atoms with Crippen molar-refractivity contribution in [2.24, 2.45) is 5.92 Å². The fourth-order valence-electron chi connectivity index (χ4n) is 2.43. The molecule has 0 saturated carbocycles. The van der Waals surface area contributed by atoms with Crippen LogP contribution in [0.1, 0.15) is 26.2 Å². The summed E-state index contributed by atoms with van der Waals surface area (Å²) in [6.07, 6.45) is 2.54. The Morgan fingerprint density at radius 1 is 1.29 bits per heavy atom. The van der Waals surface area contributed by atoms with Gasteiger partial charge in [-0.3, -0.25) is 0 Å². The van der Waals surface area contributed by atoms with Crippen LogP contribution in [-0.4, -0.2) is 38.4 Å². The second-order valence-corrected chi connectivity index (χ2v) is 5.42. The second-order valence-electron chi connectivity index (χ2n) is 5.42. The number of alkyl halides is 3. The van der Waals surface area contributed by atoms with Gasteiger partial charge in [-0.2, -0.15) is 13.2 Å². The van der Waals surface area contributed by atoms with E-state index < -0.39 is 25.2 Å². The van der Waals surface area contributed by atoms with Crippen LogP contribution in [0.2, 0.25) is 0 Å². The number of hydrogen-bond donors (Lipinski definition) is 0. The van der Waals surface area contributed by atoms with Crippen molar-refractivity contribution in [1.29, 1.82) is 0 Å². The lowest BCUT2D eigenvalue weighted by molar-refractivity contribution is -0.183. The molecule has 21 heavy (non-hydrogen) atoms. The molecule has 1 saturated heterocycles. The average Bonchev–Trinajstić information content (AvgIpc) is 2.46. The molecule has 2 rings (SSSR count). The molecule has 1 heterocycles. The summed E-state index contributed by atoms with van der Waals surface area (Å²) < 4.78 is 52.4. The minimum atomic E-state index is -4.29. The molecule has 1 aliphatic carbocycles. The van der Waals surface area contributed by atoms with Crippen LogP contribution in [-0.2, 0) is 14.2 Å². The van der Waals surface area contributed by atoms with Crippen LogP contribution in [0.4, 0.5) is 13.2 Å². The van der Waals surface area contributed by atoms with Gasteiger partial charge in [0.1, 0.15) is 6.61 Å². The summed E-state index contributed by atoms with van der Waals surface area (Å²) in [4.78, 5) is 0. The van der Waals surface area contributed by atoms with E-state index in [-0.39, 0.29) is 0 Å². The maximum absolute atomic E-state index is 12.1. The molecule has 3 nitrogen and oxygen atoms in total. The molecule has 0 radical (unpaired) electrons. The highest BCUT2D eigenvalue weighted by atomic mass is 19.4. The molecule has 1 fully saturated rings. The second kappa shape index (κ2) is 7.42. The van der Waals surface area contributed by atoms with E-state index in [4.69, 9.17) is 14.2 Å². The molecule has 1 unspecified atom stereocenters. The van der Waals surface area contributed by atoms with Crippen molar-refractivity contribution >= 4 is 0 Å². The third-order valence-electron chi connectivity index (χ3n) is 3.49. The fraction of sp³-hybridized carbons (Fsp3) is 0.733. The van der Waals surface area contributed by atoms with E-state index in [0.29, 0.717) is 25.6 Å². The summed E-state index contributed by atoms with van der Waals surface area (Å²) >= 11 is 0. The highest BCUT2D eigenvalue weighted by Crippen LogP contribution is 2.25. The molecule has 1 aliphatic heterocycles. The van der Waals surface area contributed by atoms with E-state index in [9.17, 15) is 13.2 Å². The zero-order valence-corrected chi connectivity index (χ0v) is 12.1. The lowest BCUT2D eigenvalue weighted by atomic mass is 10.0. The molecule has 0 amide bonds. The third kappa shape index (κ3) is 5.45. The number of hydrogen-bond acceptors (Lipinski definition) is 3. The minimum absolute atomic E-state index is 0.405. The molecular weight excluding hydrogens is 285 g/mol. The zero-order valence-electron chi connectivity index (χ0n) is 12.1. The molecule has 0 N–H and O–H groups in total. The zero-order chi connectivity index (χ0) is 15.3. The maximum Gasteiger partial charge on any atom is 0.411 e. The summed E-state index contributed by atoms with van der Waals surface area (Å²) in [6.45, 7) is 2.23. The predicted molar refractivity (Wildman–Crippen MR) is 71.7 cm³/mol. The van der Waals surface area contributed by atoms with Gasteiger partial charge >= 0.3 is 6.18 Å². The predicted octanol–water partition coefficient (Wildman–Crippen LogP) is 3.61. The molecule has 2 aliphatic rings. The van der Waals surface area contributed by atoms with Crippen molar-refractivity contribution in [2.45, 2.75) is 44.8 Å². The first-order valence-corrected chi connectivity index (χ1v) is 7.27. The molecule has 0 aromatic rings. The van der Waals surface area contributed by atoms with Gasteiger partial charge in [-0.05, 0) is 12.8 Å². The Hall–Kier alpha value is -0.850. The van der Waals surface area contributed by atoms with Gasteiger partial charge in [0.15, 0.2) is 6.29 Å². The Balaban J connectivity index is 1.75. The lowest BCUT2D eigenvalue weighted by Gasteiger charge is -2.31. The minimum Gasteiger partial charge on any atom is -0.364 e. The van der Waals surface area contributed by atoms with Gasteiger partial charge in [0.25, 0.3) is 0 Å². The maximum atomic E-state index is 12.1. The molecule has 6 heteroatoms. The van der Waals surface area contributed by atoms with E-state index in [0.717, 1.165) is 18.4 Å². The third-order valence-corrected chi connectivity index (χ3v) is 3.49. The first-order valence-electron chi connectivity index (χ1n) is 7.27. The smallest absolute Gasteiger partial charge is 0.364 e. The average molecular weight is 306 g/mol. The normalized spacial score (nSPS) is 30.3. The Morgan fingerprint density at radius 2 is 2.00 bits per heavy atom. The van der Waals surface area contributed by atoms with Gasteiger partial charge in [-0.15, -0.1) is 0 Å². The van der Waals surface area contributed by atoms with E-state index in [2.05, 4.69) is 6.92 Å². The van der Waals surface area contributed by atoms with Gasteiger partial charge < -0.3 is 14.2 Å². The first-order chi connectivity index (χ1) is 9.98. The van der Waals surface area contributed by atoms with Crippen LogP contribution in [0.15, 0.2) is 23.8 Å². The topological polar surface area (TPSA) is 27.7 Å². The van der Waals surface area contributed by atoms with Crippen LogP contribution >= 0.6 is 0 Å². The van der Waals surface area contributed by atoms with Crippen molar-refractivity contribution in [1.82, 2.24) is 0 Å². The molecule has 1 atom stereocenters. The van der Waals surface area contributed by atoms with Crippen molar-refractivity contribution in [3.8, 4) is 0 Å². The van der Waals surface area contributed by atoms with Crippen molar-refractivity contribution in [3.63, 3.8) is 0 Å². The molecule has 120 valence electrons. The summed E-state index contributed by atoms with van der Waals surface area (Å²) in [6, 6.07) is 0. The largest absolute Gasteiger partial charge is 0.411 e. The monoisotopic (exact) mass is 306 g/mol. The SMILES string of the molecule is CCCC1COC(C2=CCC(OCC(F)(F)F)C=C2)OC1. The molecule has 0 bridgehead atoms. The Kier molecular flexibility index (Phi) is 5.84. The van der Waals surface area contributed by atoms with Gasteiger partial charge in [0.2, 0.25) is 0 Å². The molecule has 0 aromatic heterocycles. The number of ether oxygens (including phenoxy) is 3. The Bertz CT molecular complexity index is 382. The van der Waals surface area contributed by atoms with Crippen LogP contribution < -0.4 is 0 Å². The van der Waals surface area contributed by atoms with Crippen LogP contribution in [0.25, 0.3) is 0 Å². The number of rotatable bonds is 5. The van der Waals surface area contributed by atoms with Crippen LogP contribution in [0, 0.1) is 5.92 Å². The van der Waals surface area contributed by atoms with E-state index >= 15 is 0 Å². The highest BCUT2D eigenvalue weighted by Gasteiger charge is 2.30. The fourth-order valence-corrected chi connectivity index (χ4v) is 2.43. The first kappa shape index (κ1) is 16.5. The van der Waals surface area contributed by atoms with Gasteiger partial charge in [-0.1, -0.05) is 31.6 Å². The Morgan fingerprint density at radius 3 is 2.52 bits per heavy atom. The van der Waals surface area contributed by atoms with E-state index in [1.54, 1.807) is 12.2 Å². The van der Waals surface area contributed by atoms with E-state index in [1.165, 1.54) is 0 Å². The van der Waals surface area contributed by atoms with Gasteiger partial charge in [0, 0.05) is 11.5 Å². The lowest BCUT2D eigenvalue weighted by Crippen LogP contribution is -2.33. The van der Waals surface area contributed by atoms with Crippen LogP contribution in [0.5, 0.6) is 0 Å². The highest BCUT2D eigenvalue weighted by molar-refractivity contribution is 5.27. The van der Waals surface area contributed by atoms with Crippen molar-refractivity contribution in [2.75, 3.05) is 19.8 Å². The molecule has 0 spiro atoms. The standard InChI is InChI=1S/C15H21F3O3/c1-2-3-11-8-19-14(20-9-11)12-4-6-13(7-5-12)21-10-15(16,17)18/h4-6,11,13-14H,2-3,7-10H2,1H3. The van der Waals surface area contributed by atoms with Crippen molar-refractivity contribution in [3.05, 3.63) is 23.8 Å². The van der Waals surface area contributed by atoms with Crippen LogP contribution in [0.3, 0.4) is 0 Å².